The van der Waals surface area contributed by atoms with E-state index in [-0.39, 0.29) is 18.4 Å². The number of benzene rings is 1. The lowest BCUT2D eigenvalue weighted by molar-refractivity contribution is -0.119. The molecule has 0 aliphatic heterocycles. The molecule has 100 valence electrons. The molecule has 0 aromatic heterocycles. The fourth-order valence-corrected chi connectivity index (χ4v) is 1.83. The molecule has 1 unspecified atom stereocenters. The number of nitrogens with two attached hydrogens (primary N) is 1. The normalized spacial score (nSPS) is 12.2. The van der Waals surface area contributed by atoms with Crippen molar-refractivity contribution in [3.63, 3.8) is 0 Å². The minimum Gasteiger partial charge on any atom is -0.396 e. The van der Waals surface area contributed by atoms with Crippen LogP contribution in [0.2, 0.25) is 0 Å². The summed E-state index contributed by atoms with van der Waals surface area (Å²) in [5.74, 6) is -0.138. The summed E-state index contributed by atoms with van der Waals surface area (Å²) in [5.41, 5.74) is 7.42. The van der Waals surface area contributed by atoms with E-state index in [0.717, 1.165) is 24.1 Å². The SMILES string of the molecule is CCCC(CN)C(=O)Nc1ccc(CCO)cc1. The van der Waals surface area contributed by atoms with Crippen LogP contribution < -0.4 is 11.1 Å². The van der Waals surface area contributed by atoms with Crippen LogP contribution in [0.25, 0.3) is 0 Å². The number of carbonyl (C=O) groups excluding carboxylic acids is 1. The van der Waals surface area contributed by atoms with Gasteiger partial charge in [-0.3, -0.25) is 4.79 Å². The highest BCUT2D eigenvalue weighted by Gasteiger charge is 2.15. The third-order valence-corrected chi connectivity index (χ3v) is 2.91. The number of hydrogen-bond acceptors (Lipinski definition) is 3. The van der Waals surface area contributed by atoms with Crippen molar-refractivity contribution in [1.29, 1.82) is 0 Å². The fraction of sp³-hybridized carbons (Fsp3) is 0.500. The van der Waals surface area contributed by atoms with Crippen molar-refractivity contribution < 1.29 is 9.90 Å². The Labute approximate surface area is 108 Å². The van der Waals surface area contributed by atoms with Gasteiger partial charge >= 0.3 is 0 Å². The van der Waals surface area contributed by atoms with Crippen LogP contribution >= 0.6 is 0 Å². The van der Waals surface area contributed by atoms with E-state index in [0.29, 0.717) is 13.0 Å². The predicted molar refractivity (Wildman–Crippen MR) is 73.3 cm³/mol. The maximum absolute atomic E-state index is 11.9. The van der Waals surface area contributed by atoms with Gasteiger partial charge in [0, 0.05) is 18.8 Å². The summed E-state index contributed by atoms with van der Waals surface area (Å²) >= 11 is 0. The zero-order valence-electron chi connectivity index (χ0n) is 10.9. The summed E-state index contributed by atoms with van der Waals surface area (Å²) in [6, 6.07) is 7.51. The van der Waals surface area contributed by atoms with Crippen LogP contribution in [0, 0.1) is 5.92 Å². The zero-order chi connectivity index (χ0) is 13.4. The monoisotopic (exact) mass is 250 g/mol. The molecule has 0 saturated heterocycles. The van der Waals surface area contributed by atoms with Crippen molar-refractivity contribution in [2.75, 3.05) is 18.5 Å². The number of anilines is 1. The lowest BCUT2D eigenvalue weighted by atomic mass is 10.0. The molecule has 0 radical (unpaired) electrons. The molecule has 0 spiro atoms. The Morgan fingerprint density at radius 2 is 2.06 bits per heavy atom. The number of hydrogen-bond donors (Lipinski definition) is 3. The van der Waals surface area contributed by atoms with Gasteiger partial charge < -0.3 is 16.2 Å². The van der Waals surface area contributed by atoms with E-state index in [2.05, 4.69) is 5.32 Å². The van der Waals surface area contributed by atoms with E-state index >= 15 is 0 Å². The Hall–Kier alpha value is -1.39. The van der Waals surface area contributed by atoms with Crippen molar-refractivity contribution in [2.45, 2.75) is 26.2 Å². The molecule has 1 amide bonds. The van der Waals surface area contributed by atoms with Crippen molar-refractivity contribution in [1.82, 2.24) is 0 Å². The first kappa shape index (κ1) is 14.7. The second-order valence-electron chi connectivity index (χ2n) is 4.38. The van der Waals surface area contributed by atoms with Crippen LogP contribution in [-0.2, 0) is 11.2 Å². The molecule has 1 atom stereocenters. The average Bonchev–Trinajstić information content (AvgIpc) is 2.38. The lowest BCUT2D eigenvalue weighted by Gasteiger charge is -2.14. The molecule has 0 saturated carbocycles. The Morgan fingerprint density at radius 3 is 2.56 bits per heavy atom. The summed E-state index contributed by atoms with van der Waals surface area (Å²) < 4.78 is 0. The standard InChI is InChI=1S/C14H22N2O2/c1-2-3-12(10-15)14(18)16-13-6-4-11(5-7-13)8-9-17/h4-7,12,17H,2-3,8-10,15H2,1H3,(H,16,18). The molecule has 0 aliphatic rings. The van der Waals surface area contributed by atoms with Crippen LogP contribution in [0.15, 0.2) is 24.3 Å². The summed E-state index contributed by atoms with van der Waals surface area (Å²) in [4.78, 5) is 11.9. The summed E-state index contributed by atoms with van der Waals surface area (Å²) in [6.45, 7) is 2.55. The van der Waals surface area contributed by atoms with Crippen molar-refractivity contribution in [3.8, 4) is 0 Å². The Balaban J connectivity index is 2.58. The van der Waals surface area contributed by atoms with Gasteiger partial charge in [-0.05, 0) is 30.5 Å². The number of carbonyl (C=O) groups is 1. The summed E-state index contributed by atoms with van der Waals surface area (Å²) in [7, 11) is 0. The molecule has 0 aliphatic carbocycles. The van der Waals surface area contributed by atoms with E-state index in [4.69, 9.17) is 10.8 Å². The molecule has 0 bridgehead atoms. The molecule has 4 N–H and O–H groups in total. The topological polar surface area (TPSA) is 75.4 Å². The van der Waals surface area contributed by atoms with E-state index in [9.17, 15) is 4.79 Å². The highest BCUT2D eigenvalue weighted by atomic mass is 16.2. The van der Waals surface area contributed by atoms with Gasteiger partial charge in [0.15, 0.2) is 0 Å². The van der Waals surface area contributed by atoms with Gasteiger partial charge in [0.25, 0.3) is 0 Å². The third kappa shape index (κ3) is 4.47. The summed E-state index contributed by atoms with van der Waals surface area (Å²) in [6.07, 6.45) is 2.39. The quantitative estimate of drug-likeness (QED) is 0.687. The molecule has 1 rings (SSSR count). The predicted octanol–water partition coefficient (Wildman–Crippen LogP) is 1.53. The number of aliphatic hydroxyl groups excluding tert-OH is 1. The second kappa shape index (κ2) is 7.84. The van der Waals surface area contributed by atoms with E-state index in [1.807, 2.05) is 31.2 Å². The van der Waals surface area contributed by atoms with Crippen molar-refractivity contribution >= 4 is 11.6 Å². The number of rotatable bonds is 7. The fourth-order valence-electron chi connectivity index (χ4n) is 1.83. The molecule has 0 heterocycles. The van der Waals surface area contributed by atoms with Crippen molar-refractivity contribution in [3.05, 3.63) is 29.8 Å². The van der Waals surface area contributed by atoms with Crippen LogP contribution in [0.3, 0.4) is 0 Å². The number of aliphatic hydroxyl groups is 1. The van der Waals surface area contributed by atoms with Crippen LogP contribution in [-0.4, -0.2) is 24.2 Å². The second-order valence-corrected chi connectivity index (χ2v) is 4.38. The van der Waals surface area contributed by atoms with Crippen LogP contribution in [0.5, 0.6) is 0 Å². The van der Waals surface area contributed by atoms with Gasteiger partial charge in [0.2, 0.25) is 5.91 Å². The first-order valence-electron chi connectivity index (χ1n) is 6.42. The van der Waals surface area contributed by atoms with Gasteiger partial charge in [-0.2, -0.15) is 0 Å². The van der Waals surface area contributed by atoms with Crippen molar-refractivity contribution in [2.24, 2.45) is 11.7 Å². The Morgan fingerprint density at radius 1 is 1.39 bits per heavy atom. The smallest absolute Gasteiger partial charge is 0.228 e. The third-order valence-electron chi connectivity index (χ3n) is 2.91. The minimum absolute atomic E-state index is 0.0192. The van der Waals surface area contributed by atoms with Gasteiger partial charge in [0.05, 0.1) is 5.92 Å². The highest BCUT2D eigenvalue weighted by Crippen LogP contribution is 2.13. The van der Waals surface area contributed by atoms with Gasteiger partial charge in [-0.25, -0.2) is 0 Å². The maximum Gasteiger partial charge on any atom is 0.228 e. The van der Waals surface area contributed by atoms with E-state index < -0.39 is 0 Å². The first-order valence-corrected chi connectivity index (χ1v) is 6.42. The number of amides is 1. The molecular weight excluding hydrogens is 228 g/mol. The van der Waals surface area contributed by atoms with Gasteiger partial charge in [-0.1, -0.05) is 25.5 Å². The molecule has 1 aromatic rings. The molecule has 4 nitrogen and oxygen atoms in total. The summed E-state index contributed by atoms with van der Waals surface area (Å²) in [5, 5.41) is 11.7. The molecule has 4 heteroatoms. The average molecular weight is 250 g/mol. The molecule has 1 aromatic carbocycles. The lowest BCUT2D eigenvalue weighted by Crippen LogP contribution is -2.29. The van der Waals surface area contributed by atoms with Crippen LogP contribution in [0.4, 0.5) is 5.69 Å². The molecule has 18 heavy (non-hydrogen) atoms. The van der Waals surface area contributed by atoms with E-state index in [1.165, 1.54) is 0 Å². The highest BCUT2D eigenvalue weighted by molar-refractivity contribution is 5.92. The molecular formula is C14H22N2O2. The Bertz CT molecular complexity index is 363. The molecule has 0 fully saturated rings. The van der Waals surface area contributed by atoms with Gasteiger partial charge in [0.1, 0.15) is 0 Å². The number of nitrogens with one attached hydrogen (secondary N) is 1. The Kier molecular flexibility index (Phi) is 6.39. The first-order chi connectivity index (χ1) is 8.71. The largest absolute Gasteiger partial charge is 0.396 e. The van der Waals surface area contributed by atoms with Gasteiger partial charge in [-0.15, -0.1) is 0 Å². The minimum atomic E-state index is -0.118. The van der Waals surface area contributed by atoms with E-state index in [1.54, 1.807) is 0 Å². The zero-order valence-corrected chi connectivity index (χ0v) is 10.9. The maximum atomic E-state index is 11.9. The van der Waals surface area contributed by atoms with Crippen LogP contribution in [0.1, 0.15) is 25.3 Å².